The molecular formula is C16H14BrF2N. The fraction of sp³-hybridized carbons (Fsp3) is 0.250. The third kappa shape index (κ3) is 2.57. The number of halogens is 3. The second-order valence-electron chi connectivity index (χ2n) is 5.06. The van der Waals surface area contributed by atoms with Gasteiger partial charge in [-0.1, -0.05) is 18.2 Å². The minimum atomic E-state index is -0.495. The molecular weight excluding hydrogens is 324 g/mol. The fourth-order valence-electron chi connectivity index (χ4n) is 2.66. The standard InChI is InChI=1S/C16H14BrF2N/c17-13-7-8-14(18)12(16(13)19)9-11-6-5-10-3-1-2-4-15(10)20-11/h1-4,7-8,11,20H,5-6,9H2. The van der Waals surface area contributed by atoms with Crippen LogP contribution in [0.2, 0.25) is 0 Å². The lowest BCUT2D eigenvalue weighted by molar-refractivity contribution is 0.527. The lowest BCUT2D eigenvalue weighted by Crippen LogP contribution is -2.28. The maximum atomic E-state index is 14.0. The summed E-state index contributed by atoms with van der Waals surface area (Å²) in [4.78, 5) is 0. The van der Waals surface area contributed by atoms with Crippen molar-refractivity contribution in [2.24, 2.45) is 0 Å². The molecule has 0 fully saturated rings. The lowest BCUT2D eigenvalue weighted by atomic mass is 9.93. The van der Waals surface area contributed by atoms with E-state index in [9.17, 15) is 8.78 Å². The molecule has 0 saturated heterocycles. The molecule has 0 amide bonds. The van der Waals surface area contributed by atoms with Crippen LogP contribution in [0.15, 0.2) is 40.9 Å². The molecule has 0 bridgehead atoms. The molecule has 2 aromatic rings. The first-order chi connectivity index (χ1) is 9.65. The van der Waals surface area contributed by atoms with Gasteiger partial charge in [0.25, 0.3) is 0 Å². The average Bonchev–Trinajstić information content (AvgIpc) is 2.47. The van der Waals surface area contributed by atoms with E-state index in [0.717, 1.165) is 18.5 Å². The molecule has 104 valence electrons. The van der Waals surface area contributed by atoms with Crippen molar-refractivity contribution < 1.29 is 8.78 Å². The number of nitrogens with one attached hydrogen (secondary N) is 1. The number of anilines is 1. The summed E-state index contributed by atoms with van der Waals surface area (Å²) in [7, 11) is 0. The molecule has 0 saturated carbocycles. The zero-order chi connectivity index (χ0) is 14.1. The number of hydrogen-bond acceptors (Lipinski definition) is 1. The molecule has 1 aliphatic heterocycles. The van der Waals surface area contributed by atoms with Gasteiger partial charge in [-0.3, -0.25) is 0 Å². The van der Waals surface area contributed by atoms with Crippen molar-refractivity contribution in [1.82, 2.24) is 0 Å². The fourth-order valence-corrected chi connectivity index (χ4v) is 3.03. The number of para-hydroxylation sites is 1. The van der Waals surface area contributed by atoms with Crippen molar-refractivity contribution in [3.8, 4) is 0 Å². The van der Waals surface area contributed by atoms with Gasteiger partial charge in [-0.2, -0.15) is 0 Å². The van der Waals surface area contributed by atoms with Gasteiger partial charge in [0.2, 0.25) is 0 Å². The first kappa shape index (κ1) is 13.6. The number of fused-ring (bicyclic) bond motifs is 1. The molecule has 1 N–H and O–H groups in total. The maximum absolute atomic E-state index is 14.0. The Bertz CT molecular complexity index is 642. The SMILES string of the molecule is Fc1ccc(Br)c(F)c1CC1CCc2ccccc2N1. The molecule has 2 aromatic carbocycles. The van der Waals surface area contributed by atoms with Gasteiger partial charge in [-0.25, -0.2) is 8.78 Å². The van der Waals surface area contributed by atoms with Crippen molar-refractivity contribution in [2.75, 3.05) is 5.32 Å². The van der Waals surface area contributed by atoms with Gasteiger partial charge in [0.15, 0.2) is 0 Å². The molecule has 0 radical (unpaired) electrons. The van der Waals surface area contributed by atoms with Crippen molar-refractivity contribution in [2.45, 2.75) is 25.3 Å². The van der Waals surface area contributed by atoms with E-state index in [-0.39, 0.29) is 11.6 Å². The van der Waals surface area contributed by atoms with E-state index in [1.165, 1.54) is 17.7 Å². The molecule has 1 heterocycles. The maximum Gasteiger partial charge on any atom is 0.143 e. The Labute approximate surface area is 125 Å². The van der Waals surface area contributed by atoms with Crippen LogP contribution >= 0.6 is 15.9 Å². The number of hydrogen-bond donors (Lipinski definition) is 1. The van der Waals surface area contributed by atoms with Crippen LogP contribution in [-0.4, -0.2) is 6.04 Å². The van der Waals surface area contributed by atoms with Gasteiger partial charge >= 0.3 is 0 Å². The van der Waals surface area contributed by atoms with Gasteiger partial charge in [0.05, 0.1) is 4.47 Å². The van der Waals surface area contributed by atoms with Crippen LogP contribution in [0.4, 0.5) is 14.5 Å². The molecule has 0 aliphatic carbocycles. The second kappa shape index (κ2) is 5.52. The first-order valence-corrected chi connectivity index (χ1v) is 7.41. The summed E-state index contributed by atoms with van der Waals surface area (Å²) >= 11 is 3.11. The Morgan fingerprint density at radius 1 is 1.15 bits per heavy atom. The smallest absolute Gasteiger partial charge is 0.143 e. The predicted octanol–water partition coefficient (Wildman–Crippen LogP) is 4.70. The summed E-state index contributed by atoms with van der Waals surface area (Å²) in [6.07, 6.45) is 2.17. The van der Waals surface area contributed by atoms with Crippen molar-refractivity contribution in [1.29, 1.82) is 0 Å². The van der Waals surface area contributed by atoms with Crippen LogP contribution in [0.25, 0.3) is 0 Å². The van der Waals surface area contributed by atoms with Gasteiger partial charge in [-0.05, 0) is 59.0 Å². The van der Waals surface area contributed by atoms with Crippen LogP contribution in [0.1, 0.15) is 17.5 Å². The van der Waals surface area contributed by atoms with Crippen LogP contribution in [0.3, 0.4) is 0 Å². The normalized spacial score (nSPS) is 17.4. The van der Waals surface area contributed by atoms with Gasteiger partial charge in [0.1, 0.15) is 11.6 Å². The molecule has 20 heavy (non-hydrogen) atoms. The van der Waals surface area contributed by atoms with Gasteiger partial charge in [-0.15, -0.1) is 0 Å². The largest absolute Gasteiger partial charge is 0.382 e. The van der Waals surface area contributed by atoms with E-state index >= 15 is 0 Å². The Hall–Kier alpha value is -1.42. The Kier molecular flexibility index (Phi) is 3.74. The highest BCUT2D eigenvalue weighted by atomic mass is 79.9. The molecule has 0 spiro atoms. The molecule has 4 heteroatoms. The summed E-state index contributed by atoms with van der Waals surface area (Å²) in [6, 6.07) is 10.8. The second-order valence-corrected chi connectivity index (χ2v) is 5.92. The zero-order valence-electron chi connectivity index (χ0n) is 10.8. The molecule has 0 aromatic heterocycles. The number of benzene rings is 2. The monoisotopic (exact) mass is 337 g/mol. The van der Waals surface area contributed by atoms with E-state index in [1.807, 2.05) is 18.2 Å². The summed E-state index contributed by atoms with van der Waals surface area (Å²) in [5.41, 5.74) is 2.48. The summed E-state index contributed by atoms with van der Waals surface area (Å²) in [6.45, 7) is 0. The third-order valence-corrected chi connectivity index (χ3v) is 4.34. The molecule has 1 aliphatic rings. The van der Waals surface area contributed by atoms with Crippen LogP contribution < -0.4 is 5.32 Å². The molecule has 3 rings (SSSR count). The Morgan fingerprint density at radius 2 is 1.95 bits per heavy atom. The van der Waals surface area contributed by atoms with Crippen molar-refractivity contribution >= 4 is 21.6 Å². The number of aryl methyl sites for hydroxylation is 1. The Balaban J connectivity index is 1.82. The zero-order valence-corrected chi connectivity index (χ0v) is 12.4. The summed E-state index contributed by atoms with van der Waals surface area (Å²) < 4.78 is 28.1. The van der Waals surface area contributed by atoms with Crippen LogP contribution in [0.5, 0.6) is 0 Å². The quantitative estimate of drug-likeness (QED) is 0.783. The average molecular weight is 338 g/mol. The van der Waals surface area contributed by atoms with E-state index in [4.69, 9.17) is 0 Å². The predicted molar refractivity (Wildman–Crippen MR) is 79.9 cm³/mol. The van der Waals surface area contributed by atoms with E-state index < -0.39 is 11.6 Å². The third-order valence-electron chi connectivity index (χ3n) is 3.73. The summed E-state index contributed by atoms with van der Waals surface area (Å²) in [5.74, 6) is -0.975. The Morgan fingerprint density at radius 3 is 2.80 bits per heavy atom. The highest BCUT2D eigenvalue weighted by Gasteiger charge is 2.21. The van der Waals surface area contributed by atoms with Crippen molar-refractivity contribution in [3.05, 3.63) is 63.6 Å². The van der Waals surface area contributed by atoms with E-state index in [0.29, 0.717) is 10.9 Å². The number of rotatable bonds is 2. The highest BCUT2D eigenvalue weighted by molar-refractivity contribution is 9.10. The molecule has 1 unspecified atom stereocenters. The molecule has 1 atom stereocenters. The van der Waals surface area contributed by atoms with E-state index in [2.05, 4.69) is 27.3 Å². The minimum absolute atomic E-state index is 0.0585. The van der Waals surface area contributed by atoms with Gasteiger partial charge in [0, 0.05) is 17.3 Å². The minimum Gasteiger partial charge on any atom is -0.382 e. The summed E-state index contributed by atoms with van der Waals surface area (Å²) in [5, 5.41) is 3.37. The van der Waals surface area contributed by atoms with E-state index in [1.54, 1.807) is 0 Å². The molecule has 1 nitrogen and oxygen atoms in total. The topological polar surface area (TPSA) is 12.0 Å². The van der Waals surface area contributed by atoms with Crippen molar-refractivity contribution in [3.63, 3.8) is 0 Å². The first-order valence-electron chi connectivity index (χ1n) is 6.62. The highest BCUT2D eigenvalue weighted by Crippen LogP contribution is 2.28. The van der Waals surface area contributed by atoms with Crippen LogP contribution in [0, 0.1) is 11.6 Å². The van der Waals surface area contributed by atoms with Gasteiger partial charge < -0.3 is 5.32 Å². The van der Waals surface area contributed by atoms with Crippen LogP contribution in [-0.2, 0) is 12.8 Å². The lowest BCUT2D eigenvalue weighted by Gasteiger charge is -2.27.